The summed E-state index contributed by atoms with van der Waals surface area (Å²) in [4.78, 5) is 43.4. The maximum absolute atomic E-state index is 11.4. The molecule has 0 bridgehead atoms. The SMILES string of the molecule is NC(=O)CCCC(=O)NC(CCC(N)=O)C(N)=O. The summed E-state index contributed by atoms with van der Waals surface area (Å²) in [5, 5.41) is 2.37. The van der Waals surface area contributed by atoms with E-state index < -0.39 is 29.7 Å². The molecular formula is C10H18N4O4. The van der Waals surface area contributed by atoms with E-state index in [0.717, 1.165) is 0 Å². The maximum atomic E-state index is 11.4. The number of hydrogen-bond donors (Lipinski definition) is 4. The molecule has 1 unspecified atom stereocenters. The molecule has 0 aromatic rings. The molecule has 0 aliphatic rings. The second-order valence-electron chi connectivity index (χ2n) is 3.85. The lowest BCUT2D eigenvalue weighted by Crippen LogP contribution is -2.44. The van der Waals surface area contributed by atoms with Crippen LogP contribution in [-0.4, -0.2) is 29.7 Å². The molecule has 1 atom stereocenters. The number of nitrogens with two attached hydrogens (primary N) is 3. The van der Waals surface area contributed by atoms with Gasteiger partial charge in [-0.15, -0.1) is 0 Å². The molecule has 0 saturated heterocycles. The Balaban J connectivity index is 4.07. The lowest BCUT2D eigenvalue weighted by molar-refractivity contribution is -0.128. The maximum Gasteiger partial charge on any atom is 0.240 e. The molecule has 8 heteroatoms. The van der Waals surface area contributed by atoms with E-state index in [2.05, 4.69) is 5.32 Å². The van der Waals surface area contributed by atoms with E-state index >= 15 is 0 Å². The number of amides is 4. The van der Waals surface area contributed by atoms with Crippen molar-refractivity contribution < 1.29 is 19.2 Å². The quantitative estimate of drug-likeness (QED) is 0.372. The molecule has 0 radical (unpaired) electrons. The normalized spacial score (nSPS) is 11.6. The summed E-state index contributed by atoms with van der Waals surface area (Å²) in [6.07, 6.45) is 0.461. The second kappa shape index (κ2) is 8.04. The van der Waals surface area contributed by atoms with Gasteiger partial charge in [-0.3, -0.25) is 19.2 Å². The minimum atomic E-state index is -0.932. The summed E-state index contributed by atoms with van der Waals surface area (Å²) in [5.41, 5.74) is 14.9. The highest BCUT2D eigenvalue weighted by Crippen LogP contribution is 1.99. The van der Waals surface area contributed by atoms with E-state index in [1.54, 1.807) is 0 Å². The summed E-state index contributed by atoms with van der Waals surface area (Å²) in [6.45, 7) is 0. The van der Waals surface area contributed by atoms with Crippen LogP contribution in [0.3, 0.4) is 0 Å². The van der Waals surface area contributed by atoms with E-state index in [1.165, 1.54) is 0 Å². The van der Waals surface area contributed by atoms with E-state index in [4.69, 9.17) is 17.2 Å². The van der Waals surface area contributed by atoms with Crippen LogP contribution in [0.15, 0.2) is 0 Å². The third-order valence-electron chi connectivity index (χ3n) is 2.19. The Morgan fingerprint density at radius 2 is 1.44 bits per heavy atom. The number of rotatable bonds is 9. The van der Waals surface area contributed by atoms with Gasteiger partial charge in [-0.2, -0.15) is 0 Å². The van der Waals surface area contributed by atoms with Gasteiger partial charge in [-0.05, 0) is 12.8 Å². The first-order valence-electron chi connectivity index (χ1n) is 5.48. The fourth-order valence-electron chi connectivity index (χ4n) is 1.26. The predicted molar refractivity (Wildman–Crippen MR) is 62.6 cm³/mol. The van der Waals surface area contributed by atoms with Crippen LogP contribution in [0.25, 0.3) is 0 Å². The Morgan fingerprint density at radius 3 is 1.89 bits per heavy atom. The summed E-state index contributed by atoms with van der Waals surface area (Å²) < 4.78 is 0. The Bertz CT molecular complexity index is 343. The van der Waals surface area contributed by atoms with Gasteiger partial charge in [-0.1, -0.05) is 0 Å². The molecule has 7 N–H and O–H groups in total. The highest BCUT2D eigenvalue weighted by atomic mass is 16.2. The molecule has 0 aliphatic carbocycles. The van der Waals surface area contributed by atoms with Crippen molar-refractivity contribution in [3.8, 4) is 0 Å². The lowest BCUT2D eigenvalue weighted by Gasteiger charge is -2.14. The molecule has 0 saturated carbocycles. The molecular weight excluding hydrogens is 240 g/mol. The van der Waals surface area contributed by atoms with Crippen molar-refractivity contribution in [1.82, 2.24) is 5.32 Å². The fourth-order valence-corrected chi connectivity index (χ4v) is 1.26. The van der Waals surface area contributed by atoms with Crippen LogP contribution >= 0.6 is 0 Å². The summed E-state index contributed by atoms with van der Waals surface area (Å²) in [5.74, 6) is -2.24. The van der Waals surface area contributed by atoms with Crippen molar-refractivity contribution in [2.45, 2.75) is 38.1 Å². The third kappa shape index (κ3) is 8.08. The summed E-state index contributed by atoms with van der Waals surface area (Å²) >= 11 is 0. The van der Waals surface area contributed by atoms with Gasteiger partial charge < -0.3 is 22.5 Å². The van der Waals surface area contributed by atoms with E-state index in [1.807, 2.05) is 0 Å². The standard InChI is InChI=1S/C10H18N4O4/c11-7(15)2-1-3-9(17)14-6(10(13)18)4-5-8(12)16/h6H,1-5H2,(H2,11,15)(H2,12,16)(H2,13,18)(H,14,17). The van der Waals surface area contributed by atoms with Crippen molar-refractivity contribution >= 4 is 23.6 Å². The van der Waals surface area contributed by atoms with Gasteiger partial charge in [0, 0.05) is 19.3 Å². The first-order valence-corrected chi connectivity index (χ1v) is 5.48. The smallest absolute Gasteiger partial charge is 0.240 e. The van der Waals surface area contributed by atoms with Crippen LogP contribution in [-0.2, 0) is 19.2 Å². The van der Waals surface area contributed by atoms with Crippen LogP contribution in [0.5, 0.6) is 0 Å². The predicted octanol–water partition coefficient (Wildman–Crippen LogP) is -2.12. The minimum absolute atomic E-state index is 0.0465. The molecule has 0 aliphatic heterocycles. The van der Waals surface area contributed by atoms with Crippen molar-refractivity contribution in [1.29, 1.82) is 0 Å². The molecule has 0 heterocycles. The van der Waals surface area contributed by atoms with E-state index in [-0.39, 0.29) is 25.7 Å². The van der Waals surface area contributed by atoms with Gasteiger partial charge in [0.05, 0.1) is 0 Å². The number of carbonyl (C=O) groups is 4. The van der Waals surface area contributed by atoms with Crippen LogP contribution in [0.2, 0.25) is 0 Å². The average Bonchev–Trinajstić information content (AvgIpc) is 2.22. The third-order valence-corrected chi connectivity index (χ3v) is 2.19. The van der Waals surface area contributed by atoms with Crippen LogP contribution < -0.4 is 22.5 Å². The van der Waals surface area contributed by atoms with Gasteiger partial charge in [0.25, 0.3) is 0 Å². The highest BCUT2D eigenvalue weighted by molar-refractivity contribution is 5.87. The summed E-state index contributed by atoms with van der Waals surface area (Å²) in [6, 6.07) is -0.932. The Hall–Kier alpha value is -2.12. The number of carbonyl (C=O) groups excluding carboxylic acids is 4. The average molecular weight is 258 g/mol. The highest BCUT2D eigenvalue weighted by Gasteiger charge is 2.18. The molecule has 0 spiro atoms. The van der Waals surface area contributed by atoms with E-state index in [0.29, 0.717) is 6.42 Å². The van der Waals surface area contributed by atoms with Crippen molar-refractivity contribution in [2.24, 2.45) is 17.2 Å². The molecule has 8 nitrogen and oxygen atoms in total. The van der Waals surface area contributed by atoms with Crippen molar-refractivity contribution in [3.05, 3.63) is 0 Å². The monoisotopic (exact) mass is 258 g/mol. The van der Waals surface area contributed by atoms with E-state index in [9.17, 15) is 19.2 Å². The zero-order chi connectivity index (χ0) is 14.1. The molecule has 4 amide bonds. The lowest BCUT2D eigenvalue weighted by atomic mass is 10.1. The molecule has 0 aromatic carbocycles. The van der Waals surface area contributed by atoms with Gasteiger partial charge >= 0.3 is 0 Å². The van der Waals surface area contributed by atoms with Gasteiger partial charge in [0.1, 0.15) is 6.04 Å². The molecule has 18 heavy (non-hydrogen) atoms. The molecule has 0 aromatic heterocycles. The summed E-state index contributed by atoms with van der Waals surface area (Å²) in [7, 11) is 0. The first-order chi connectivity index (χ1) is 8.32. The van der Waals surface area contributed by atoms with Crippen LogP contribution in [0, 0.1) is 0 Å². The van der Waals surface area contributed by atoms with Gasteiger partial charge in [0.15, 0.2) is 0 Å². The van der Waals surface area contributed by atoms with Gasteiger partial charge in [-0.25, -0.2) is 0 Å². The van der Waals surface area contributed by atoms with Crippen molar-refractivity contribution in [2.75, 3.05) is 0 Å². The Kier molecular flexibility index (Phi) is 7.10. The van der Waals surface area contributed by atoms with Crippen molar-refractivity contribution in [3.63, 3.8) is 0 Å². The zero-order valence-corrected chi connectivity index (χ0v) is 9.98. The second-order valence-corrected chi connectivity index (χ2v) is 3.85. The molecule has 102 valence electrons. The largest absolute Gasteiger partial charge is 0.370 e. The Morgan fingerprint density at radius 1 is 0.889 bits per heavy atom. The van der Waals surface area contributed by atoms with Gasteiger partial charge in [0.2, 0.25) is 23.6 Å². The first kappa shape index (κ1) is 15.9. The topological polar surface area (TPSA) is 158 Å². The number of nitrogens with one attached hydrogen (secondary N) is 1. The number of hydrogen-bond acceptors (Lipinski definition) is 4. The minimum Gasteiger partial charge on any atom is -0.370 e. The fraction of sp³-hybridized carbons (Fsp3) is 0.600. The number of primary amides is 3. The zero-order valence-electron chi connectivity index (χ0n) is 9.98. The van der Waals surface area contributed by atoms with Crippen LogP contribution in [0.4, 0.5) is 0 Å². The molecule has 0 fully saturated rings. The Labute approximate surface area is 104 Å². The van der Waals surface area contributed by atoms with Crippen LogP contribution in [0.1, 0.15) is 32.1 Å². The molecule has 0 rings (SSSR count).